The van der Waals surface area contributed by atoms with E-state index in [1.165, 1.54) is 10.1 Å². The van der Waals surface area contributed by atoms with E-state index in [0.717, 1.165) is 22.3 Å². The minimum atomic E-state index is -0.199. The first-order chi connectivity index (χ1) is 11.6. The molecule has 0 spiro atoms. The molecule has 2 heterocycles. The highest BCUT2D eigenvalue weighted by atomic mass is 32.1. The molecule has 118 valence electrons. The van der Waals surface area contributed by atoms with Gasteiger partial charge in [0.1, 0.15) is 7.05 Å². The lowest BCUT2D eigenvalue weighted by Crippen LogP contribution is -2.32. The molecule has 4 aromatic rings. The fraction of sp³-hybridized carbons (Fsp3) is 0.0952. The SMILES string of the molecule is Cc1ccccc1-c1c(F)cc(-c2ccc3sccc3c2)c[n+]1C. The van der Waals surface area contributed by atoms with Crippen LogP contribution in [0, 0.1) is 12.7 Å². The van der Waals surface area contributed by atoms with Crippen molar-refractivity contribution < 1.29 is 8.96 Å². The molecular formula is C21H17FNS+. The Morgan fingerprint density at radius 3 is 2.58 bits per heavy atom. The number of hydrogen-bond donors (Lipinski definition) is 0. The average molecular weight is 334 g/mol. The third-order valence-corrected chi connectivity index (χ3v) is 5.28. The molecule has 2 aromatic carbocycles. The number of hydrogen-bond acceptors (Lipinski definition) is 1. The Kier molecular flexibility index (Phi) is 3.66. The highest BCUT2D eigenvalue weighted by Gasteiger charge is 2.20. The van der Waals surface area contributed by atoms with E-state index in [9.17, 15) is 4.39 Å². The summed E-state index contributed by atoms with van der Waals surface area (Å²) in [5, 5.41) is 3.28. The van der Waals surface area contributed by atoms with Crippen LogP contribution >= 0.6 is 11.3 Å². The van der Waals surface area contributed by atoms with Crippen LogP contribution in [0.4, 0.5) is 4.39 Å². The molecule has 4 rings (SSSR count). The molecule has 0 N–H and O–H groups in total. The van der Waals surface area contributed by atoms with Gasteiger partial charge in [-0.25, -0.2) is 0 Å². The monoisotopic (exact) mass is 334 g/mol. The van der Waals surface area contributed by atoms with Gasteiger partial charge in [-0.15, -0.1) is 11.3 Å². The van der Waals surface area contributed by atoms with Crippen LogP contribution in [0.15, 0.2) is 66.2 Å². The second-order valence-corrected chi connectivity index (χ2v) is 6.97. The maximum Gasteiger partial charge on any atom is 0.248 e. The van der Waals surface area contributed by atoms with Gasteiger partial charge in [-0.2, -0.15) is 8.96 Å². The van der Waals surface area contributed by atoms with E-state index < -0.39 is 0 Å². The summed E-state index contributed by atoms with van der Waals surface area (Å²) in [7, 11) is 1.90. The summed E-state index contributed by atoms with van der Waals surface area (Å²) < 4.78 is 18.0. The number of thiophene rings is 1. The molecule has 0 aliphatic rings. The Hall–Kier alpha value is -2.52. The van der Waals surface area contributed by atoms with Crippen molar-refractivity contribution in [3.63, 3.8) is 0 Å². The van der Waals surface area contributed by atoms with Gasteiger partial charge in [0.05, 0.1) is 5.56 Å². The van der Waals surface area contributed by atoms with Crippen molar-refractivity contribution in [1.82, 2.24) is 0 Å². The Bertz CT molecular complexity index is 1030. The summed E-state index contributed by atoms with van der Waals surface area (Å²) in [4.78, 5) is 0. The third-order valence-electron chi connectivity index (χ3n) is 4.38. The number of aromatic nitrogens is 1. The molecule has 0 saturated carbocycles. The molecule has 0 unspecified atom stereocenters. The molecule has 1 nitrogen and oxygen atoms in total. The molecule has 2 aromatic heterocycles. The van der Waals surface area contributed by atoms with Crippen LogP contribution in [-0.2, 0) is 7.05 Å². The summed E-state index contributed by atoms with van der Waals surface area (Å²) in [6.07, 6.45) is 2.00. The standard InChI is InChI=1S/C21H17FNS/c1-14-5-3-4-6-18(14)21-19(22)12-17(13-23(21)2)15-7-8-20-16(11-15)9-10-24-20/h3-13H,1-2H3/q+1. The quantitative estimate of drug-likeness (QED) is 0.426. The second-order valence-electron chi connectivity index (χ2n) is 6.02. The normalized spacial score (nSPS) is 11.1. The summed E-state index contributed by atoms with van der Waals surface area (Å²) in [5.41, 5.74) is 4.54. The zero-order valence-corrected chi connectivity index (χ0v) is 14.4. The van der Waals surface area contributed by atoms with E-state index in [4.69, 9.17) is 0 Å². The number of benzene rings is 2. The average Bonchev–Trinajstić information content (AvgIpc) is 3.03. The molecule has 24 heavy (non-hydrogen) atoms. The van der Waals surface area contributed by atoms with Crippen LogP contribution in [0.5, 0.6) is 0 Å². The fourth-order valence-corrected chi connectivity index (χ4v) is 3.92. The van der Waals surface area contributed by atoms with E-state index in [1.807, 2.05) is 49.0 Å². The first-order valence-electron chi connectivity index (χ1n) is 7.86. The van der Waals surface area contributed by atoms with Gasteiger partial charge in [0.25, 0.3) is 0 Å². The van der Waals surface area contributed by atoms with Gasteiger partial charge in [-0.05, 0) is 59.1 Å². The molecule has 0 radical (unpaired) electrons. The van der Waals surface area contributed by atoms with E-state index in [-0.39, 0.29) is 5.82 Å². The zero-order valence-electron chi connectivity index (χ0n) is 13.6. The first-order valence-corrected chi connectivity index (χ1v) is 8.74. The summed E-state index contributed by atoms with van der Waals surface area (Å²) in [6, 6.07) is 17.9. The molecule has 0 amide bonds. The number of nitrogens with zero attached hydrogens (tertiary/aromatic N) is 1. The van der Waals surface area contributed by atoms with Crippen molar-refractivity contribution in [3.05, 3.63) is 77.6 Å². The van der Waals surface area contributed by atoms with Crippen LogP contribution in [0.1, 0.15) is 5.56 Å². The summed E-state index contributed by atoms with van der Waals surface area (Å²) in [6.45, 7) is 2.01. The number of aryl methyl sites for hydroxylation is 2. The summed E-state index contributed by atoms with van der Waals surface area (Å²) in [5.74, 6) is -0.199. The van der Waals surface area contributed by atoms with Gasteiger partial charge >= 0.3 is 0 Å². The zero-order chi connectivity index (χ0) is 16.7. The number of pyridine rings is 1. The van der Waals surface area contributed by atoms with Crippen LogP contribution in [-0.4, -0.2) is 0 Å². The molecule has 0 fully saturated rings. The van der Waals surface area contributed by atoms with Crippen LogP contribution in [0.25, 0.3) is 32.5 Å². The van der Waals surface area contributed by atoms with Crippen LogP contribution in [0.2, 0.25) is 0 Å². The van der Waals surface area contributed by atoms with Gasteiger partial charge in [0, 0.05) is 10.3 Å². The lowest BCUT2D eigenvalue weighted by atomic mass is 10.0. The predicted molar refractivity (Wildman–Crippen MR) is 98.6 cm³/mol. The molecule has 0 aliphatic carbocycles. The number of fused-ring (bicyclic) bond motifs is 1. The van der Waals surface area contributed by atoms with Crippen LogP contribution < -0.4 is 4.57 Å². The Balaban J connectivity index is 1.86. The smallest absolute Gasteiger partial charge is 0.200 e. The molecular weight excluding hydrogens is 317 g/mol. The van der Waals surface area contributed by atoms with Crippen molar-refractivity contribution in [2.75, 3.05) is 0 Å². The van der Waals surface area contributed by atoms with E-state index in [2.05, 4.69) is 29.6 Å². The van der Waals surface area contributed by atoms with E-state index >= 15 is 0 Å². The van der Waals surface area contributed by atoms with Gasteiger partial charge < -0.3 is 0 Å². The number of rotatable bonds is 2. The maximum atomic E-state index is 14.9. The molecule has 0 aliphatic heterocycles. The Morgan fingerprint density at radius 1 is 0.958 bits per heavy atom. The van der Waals surface area contributed by atoms with Crippen molar-refractivity contribution in [1.29, 1.82) is 0 Å². The minimum Gasteiger partial charge on any atom is -0.200 e. The van der Waals surface area contributed by atoms with Crippen LogP contribution in [0.3, 0.4) is 0 Å². The molecule has 0 bridgehead atoms. The molecule has 3 heteroatoms. The largest absolute Gasteiger partial charge is 0.248 e. The summed E-state index contributed by atoms with van der Waals surface area (Å²) >= 11 is 1.72. The van der Waals surface area contributed by atoms with Gasteiger partial charge in [-0.3, -0.25) is 0 Å². The van der Waals surface area contributed by atoms with Crippen molar-refractivity contribution >= 4 is 21.4 Å². The van der Waals surface area contributed by atoms with Gasteiger partial charge in [0.2, 0.25) is 5.69 Å². The Morgan fingerprint density at radius 2 is 1.79 bits per heavy atom. The first kappa shape index (κ1) is 15.0. The molecule has 0 atom stereocenters. The lowest BCUT2D eigenvalue weighted by molar-refractivity contribution is -0.661. The fourth-order valence-electron chi connectivity index (χ4n) is 3.15. The van der Waals surface area contributed by atoms with E-state index in [0.29, 0.717) is 5.69 Å². The lowest BCUT2D eigenvalue weighted by Gasteiger charge is -2.08. The minimum absolute atomic E-state index is 0.199. The second kappa shape index (κ2) is 5.84. The number of halogens is 1. The van der Waals surface area contributed by atoms with Crippen molar-refractivity contribution in [2.45, 2.75) is 6.92 Å². The van der Waals surface area contributed by atoms with Crippen molar-refractivity contribution in [2.24, 2.45) is 7.05 Å². The van der Waals surface area contributed by atoms with E-state index in [1.54, 1.807) is 17.4 Å². The predicted octanol–water partition coefficient (Wildman–Crippen LogP) is 5.51. The van der Waals surface area contributed by atoms with Gasteiger partial charge in [-0.1, -0.05) is 24.3 Å². The highest BCUT2D eigenvalue weighted by Crippen LogP contribution is 2.29. The highest BCUT2D eigenvalue weighted by molar-refractivity contribution is 7.17. The van der Waals surface area contributed by atoms with Gasteiger partial charge in [0.15, 0.2) is 12.0 Å². The Labute approximate surface area is 144 Å². The van der Waals surface area contributed by atoms with Crippen molar-refractivity contribution in [3.8, 4) is 22.4 Å². The topological polar surface area (TPSA) is 3.88 Å². The third kappa shape index (κ3) is 2.51. The molecule has 0 saturated heterocycles. The maximum absolute atomic E-state index is 14.9.